The van der Waals surface area contributed by atoms with E-state index in [-0.39, 0.29) is 17.9 Å². The van der Waals surface area contributed by atoms with Gasteiger partial charge < -0.3 is 14.8 Å². The van der Waals surface area contributed by atoms with E-state index in [1.807, 2.05) is 38.1 Å². The molecular weight excluding hydrogens is 574 g/mol. The highest BCUT2D eigenvalue weighted by molar-refractivity contribution is 9.10. The Morgan fingerprint density at radius 1 is 1.23 bits per heavy atom. The van der Waals surface area contributed by atoms with Gasteiger partial charge in [0.2, 0.25) is 0 Å². The van der Waals surface area contributed by atoms with Crippen molar-refractivity contribution < 1.29 is 14.3 Å². The van der Waals surface area contributed by atoms with Crippen LogP contribution in [0.5, 0.6) is 11.5 Å². The second-order valence-electron chi connectivity index (χ2n) is 11.0. The Balaban J connectivity index is 1.45. The fourth-order valence-corrected chi connectivity index (χ4v) is 6.44. The van der Waals surface area contributed by atoms with Crippen molar-refractivity contribution in [2.24, 2.45) is 16.3 Å². The molecule has 4 rings (SSSR count). The molecule has 1 atom stereocenters. The van der Waals surface area contributed by atoms with E-state index in [1.165, 1.54) is 10.4 Å². The van der Waals surface area contributed by atoms with Gasteiger partial charge in [0.1, 0.15) is 11.1 Å². The van der Waals surface area contributed by atoms with Gasteiger partial charge in [-0.25, -0.2) is 4.99 Å². The number of nitrogens with one attached hydrogen (secondary N) is 1. The zero-order valence-corrected chi connectivity index (χ0v) is 25.7. The van der Waals surface area contributed by atoms with Gasteiger partial charge in [-0.1, -0.05) is 36.7 Å². The molecule has 0 unspecified atom stereocenters. The molecule has 1 heterocycles. The lowest BCUT2D eigenvalue weighted by Gasteiger charge is -2.33. The number of carbonyl (C=O) groups excluding carboxylic acids is 1. The number of aliphatic imine (C=N–C) groups is 1. The molecule has 0 bridgehead atoms. The first-order valence-corrected chi connectivity index (χ1v) is 14.6. The number of carbonyl (C=O) groups is 1. The average molecular weight is 609 g/mol. The van der Waals surface area contributed by atoms with Crippen LogP contribution in [0.15, 0.2) is 39.8 Å². The molecule has 0 fully saturated rings. The zero-order chi connectivity index (χ0) is 28.3. The number of ether oxygens (including phenoxy) is 2. The first kappa shape index (κ1) is 28.8. The second kappa shape index (κ2) is 11.9. The number of anilines is 1. The number of nitriles is 1. The lowest BCUT2D eigenvalue weighted by atomic mass is 9.72. The Morgan fingerprint density at radius 3 is 2.69 bits per heavy atom. The third kappa shape index (κ3) is 6.54. The number of halogens is 1. The van der Waals surface area contributed by atoms with E-state index in [0.29, 0.717) is 23.0 Å². The number of nitrogens with zero attached hydrogens (tertiary/aromatic N) is 2. The molecule has 6 nitrogen and oxygen atoms in total. The largest absolute Gasteiger partial charge is 0.493 e. The standard InChI is InChI=1S/C31H34BrN3O3S/c1-18-19(2)25(11-10-24(18)32)35-29(36)17-38-26-12-7-20(13-27(26)37-6)16-34-30-23(15-33)22-9-8-21(31(3,4)5)14-28(22)39-30/h7,10-13,16,21H,8-9,14,17H2,1-6H3,(H,35,36)/t21-/m1/s1. The molecule has 1 aliphatic rings. The van der Waals surface area contributed by atoms with E-state index in [4.69, 9.17) is 14.5 Å². The summed E-state index contributed by atoms with van der Waals surface area (Å²) in [6.07, 6.45) is 4.78. The number of hydrogen-bond donors (Lipinski definition) is 1. The predicted molar refractivity (Wildman–Crippen MR) is 162 cm³/mol. The summed E-state index contributed by atoms with van der Waals surface area (Å²) in [5.74, 6) is 1.31. The molecule has 0 radical (unpaired) electrons. The summed E-state index contributed by atoms with van der Waals surface area (Å²) in [5, 5.41) is 13.5. The maximum absolute atomic E-state index is 12.5. The minimum Gasteiger partial charge on any atom is -0.493 e. The molecule has 1 N–H and O–H groups in total. The van der Waals surface area contributed by atoms with Crippen LogP contribution in [-0.2, 0) is 17.6 Å². The minimum atomic E-state index is -0.257. The lowest BCUT2D eigenvalue weighted by Crippen LogP contribution is -2.26. The fraction of sp³-hybridized carbons (Fsp3) is 0.387. The van der Waals surface area contributed by atoms with E-state index in [9.17, 15) is 10.1 Å². The maximum Gasteiger partial charge on any atom is 0.262 e. The minimum absolute atomic E-state index is 0.153. The van der Waals surface area contributed by atoms with Crippen LogP contribution in [0.2, 0.25) is 0 Å². The van der Waals surface area contributed by atoms with Crippen molar-refractivity contribution in [1.29, 1.82) is 5.26 Å². The quantitative estimate of drug-likeness (QED) is 0.276. The first-order valence-electron chi connectivity index (χ1n) is 13.0. The maximum atomic E-state index is 12.5. The van der Waals surface area contributed by atoms with E-state index < -0.39 is 0 Å². The van der Waals surface area contributed by atoms with Crippen molar-refractivity contribution in [3.8, 4) is 17.6 Å². The number of benzene rings is 2. The van der Waals surface area contributed by atoms with Gasteiger partial charge in [-0.15, -0.1) is 11.3 Å². The second-order valence-corrected chi connectivity index (χ2v) is 12.9. The van der Waals surface area contributed by atoms with Crippen LogP contribution in [0.1, 0.15) is 59.9 Å². The molecule has 39 heavy (non-hydrogen) atoms. The van der Waals surface area contributed by atoms with Crippen molar-refractivity contribution in [3.05, 3.63) is 67.5 Å². The van der Waals surface area contributed by atoms with Crippen molar-refractivity contribution in [2.45, 2.75) is 53.9 Å². The van der Waals surface area contributed by atoms with E-state index in [1.54, 1.807) is 30.7 Å². The zero-order valence-electron chi connectivity index (χ0n) is 23.3. The molecule has 2 aromatic carbocycles. The summed E-state index contributed by atoms with van der Waals surface area (Å²) in [6.45, 7) is 10.7. The highest BCUT2D eigenvalue weighted by atomic mass is 79.9. The first-order chi connectivity index (χ1) is 18.5. The number of methoxy groups -OCH3 is 1. The van der Waals surface area contributed by atoms with Crippen LogP contribution in [0, 0.1) is 36.5 Å². The fourth-order valence-electron chi connectivity index (χ4n) is 4.79. The Labute approximate surface area is 243 Å². The molecule has 3 aromatic rings. The van der Waals surface area contributed by atoms with Crippen LogP contribution in [0.4, 0.5) is 10.7 Å². The van der Waals surface area contributed by atoms with Gasteiger partial charge in [-0.05, 0) is 97.0 Å². The summed E-state index contributed by atoms with van der Waals surface area (Å²) >= 11 is 5.14. The Hall–Kier alpha value is -3.15. The van der Waals surface area contributed by atoms with Crippen molar-refractivity contribution >= 4 is 50.1 Å². The van der Waals surface area contributed by atoms with Gasteiger partial charge in [-0.3, -0.25) is 4.79 Å². The van der Waals surface area contributed by atoms with Gasteiger partial charge in [-0.2, -0.15) is 5.26 Å². The van der Waals surface area contributed by atoms with Gasteiger partial charge >= 0.3 is 0 Å². The summed E-state index contributed by atoms with van der Waals surface area (Å²) in [6, 6.07) is 11.6. The Kier molecular flexibility index (Phi) is 8.83. The molecule has 1 aliphatic carbocycles. The number of fused-ring (bicyclic) bond motifs is 1. The number of hydrogen-bond acceptors (Lipinski definition) is 6. The predicted octanol–water partition coefficient (Wildman–Crippen LogP) is 7.93. The van der Waals surface area contributed by atoms with Crippen LogP contribution in [-0.4, -0.2) is 25.8 Å². The van der Waals surface area contributed by atoms with Gasteiger partial charge in [0.05, 0.1) is 12.7 Å². The van der Waals surface area contributed by atoms with Gasteiger partial charge in [0.25, 0.3) is 5.91 Å². The van der Waals surface area contributed by atoms with Crippen LogP contribution < -0.4 is 14.8 Å². The van der Waals surface area contributed by atoms with Gasteiger partial charge in [0.15, 0.2) is 18.1 Å². The number of rotatable bonds is 7. The number of amides is 1. The van der Waals surface area contributed by atoms with Crippen molar-refractivity contribution in [2.75, 3.05) is 19.0 Å². The highest BCUT2D eigenvalue weighted by Crippen LogP contribution is 2.45. The van der Waals surface area contributed by atoms with Crippen LogP contribution in [0.25, 0.3) is 0 Å². The topological polar surface area (TPSA) is 83.7 Å². The lowest BCUT2D eigenvalue weighted by molar-refractivity contribution is -0.118. The number of thiophene rings is 1. The molecule has 0 spiro atoms. The SMILES string of the molecule is COc1cc(C=Nc2sc3c(c2C#N)CC[C@@H](C(C)(C)C)C3)ccc1OCC(=O)Nc1ccc(Br)c(C)c1C. The molecule has 8 heteroatoms. The molecule has 0 saturated carbocycles. The molecule has 1 amide bonds. The van der Waals surface area contributed by atoms with Crippen LogP contribution in [0.3, 0.4) is 0 Å². The van der Waals surface area contributed by atoms with E-state index >= 15 is 0 Å². The normalized spacial score (nSPS) is 15.1. The van der Waals surface area contributed by atoms with Crippen molar-refractivity contribution in [1.82, 2.24) is 0 Å². The smallest absolute Gasteiger partial charge is 0.262 e. The Bertz CT molecular complexity index is 1460. The third-order valence-corrected chi connectivity index (χ3v) is 9.48. The monoisotopic (exact) mass is 607 g/mol. The molecular formula is C31H34BrN3O3S. The summed E-state index contributed by atoms with van der Waals surface area (Å²) in [4.78, 5) is 18.5. The Morgan fingerprint density at radius 2 is 2.00 bits per heavy atom. The summed E-state index contributed by atoms with van der Waals surface area (Å²) in [7, 11) is 1.56. The molecule has 204 valence electrons. The third-order valence-electron chi connectivity index (χ3n) is 7.46. The van der Waals surface area contributed by atoms with E-state index in [0.717, 1.165) is 51.1 Å². The summed E-state index contributed by atoms with van der Waals surface area (Å²) < 4.78 is 12.3. The molecule has 0 saturated heterocycles. The average Bonchev–Trinajstić information content (AvgIpc) is 3.27. The van der Waals surface area contributed by atoms with Gasteiger partial charge in [0, 0.05) is 21.3 Å². The highest BCUT2D eigenvalue weighted by Gasteiger charge is 2.32. The van der Waals surface area contributed by atoms with E-state index in [2.05, 4.69) is 48.1 Å². The molecule has 0 aliphatic heterocycles. The van der Waals surface area contributed by atoms with Crippen molar-refractivity contribution in [3.63, 3.8) is 0 Å². The van der Waals surface area contributed by atoms with Crippen LogP contribution >= 0.6 is 27.3 Å². The molecule has 1 aromatic heterocycles. The summed E-state index contributed by atoms with van der Waals surface area (Å²) in [5.41, 5.74) is 5.76.